The molecule has 0 radical (unpaired) electrons. The zero-order valence-electron chi connectivity index (χ0n) is 5.74. The monoisotopic (exact) mass is 146 g/mol. The molecule has 0 atom stereocenters. The second-order valence-corrected chi connectivity index (χ2v) is 2.41. The van der Waals surface area contributed by atoms with Gasteiger partial charge in [-0.25, -0.2) is 4.99 Å². The topological polar surface area (TPSA) is 55.5 Å². The molecule has 0 aliphatic carbocycles. The SMILES string of the molecule is Nc1ccc2c(c1)=CC(=O)N=2. The van der Waals surface area contributed by atoms with Crippen LogP contribution in [0.25, 0.3) is 6.08 Å². The molecule has 2 N–H and O–H groups in total. The normalized spacial score (nSPS) is 13.6. The summed E-state index contributed by atoms with van der Waals surface area (Å²) in [5.41, 5.74) is 6.16. The molecule has 54 valence electrons. The molecule has 1 heterocycles. The molecule has 0 unspecified atom stereocenters. The molecule has 0 aromatic heterocycles. The van der Waals surface area contributed by atoms with E-state index in [-0.39, 0.29) is 5.91 Å². The molecule has 0 spiro atoms. The van der Waals surface area contributed by atoms with Crippen LogP contribution in [0.3, 0.4) is 0 Å². The minimum absolute atomic E-state index is 0.203. The van der Waals surface area contributed by atoms with Gasteiger partial charge in [-0.05, 0) is 18.2 Å². The van der Waals surface area contributed by atoms with E-state index >= 15 is 0 Å². The van der Waals surface area contributed by atoms with Gasteiger partial charge in [-0.2, -0.15) is 0 Å². The molecule has 0 saturated carbocycles. The predicted molar refractivity (Wildman–Crippen MR) is 41.1 cm³/mol. The molecule has 3 nitrogen and oxygen atoms in total. The first-order valence-corrected chi connectivity index (χ1v) is 3.26. The quantitative estimate of drug-likeness (QED) is 0.487. The van der Waals surface area contributed by atoms with Gasteiger partial charge < -0.3 is 5.73 Å². The number of rotatable bonds is 0. The van der Waals surface area contributed by atoms with Crippen LogP contribution >= 0.6 is 0 Å². The van der Waals surface area contributed by atoms with Gasteiger partial charge in [0.25, 0.3) is 5.91 Å². The molecule has 2 rings (SSSR count). The third kappa shape index (κ3) is 0.902. The zero-order chi connectivity index (χ0) is 7.84. The summed E-state index contributed by atoms with van der Waals surface area (Å²) >= 11 is 0. The van der Waals surface area contributed by atoms with Crippen LogP contribution in [0.1, 0.15) is 0 Å². The smallest absolute Gasteiger partial charge is 0.270 e. The Hall–Kier alpha value is -1.64. The lowest BCUT2D eigenvalue weighted by molar-refractivity contribution is -0.112. The standard InChI is InChI=1S/C8H6N2O/c9-6-1-2-7-5(3-6)4-8(11)10-7/h1-4H,9H2. The summed E-state index contributed by atoms with van der Waals surface area (Å²) in [6.45, 7) is 0. The van der Waals surface area contributed by atoms with Crippen LogP contribution in [0.15, 0.2) is 23.2 Å². The van der Waals surface area contributed by atoms with Gasteiger partial charge >= 0.3 is 0 Å². The van der Waals surface area contributed by atoms with E-state index in [1.54, 1.807) is 18.2 Å². The van der Waals surface area contributed by atoms with E-state index in [0.29, 0.717) is 11.0 Å². The van der Waals surface area contributed by atoms with E-state index in [4.69, 9.17) is 5.73 Å². The lowest BCUT2D eigenvalue weighted by atomic mass is 10.2. The molecule has 1 aliphatic heterocycles. The second-order valence-electron chi connectivity index (χ2n) is 2.41. The van der Waals surface area contributed by atoms with Crippen molar-refractivity contribution in [1.29, 1.82) is 0 Å². The molecule has 0 bridgehead atoms. The van der Waals surface area contributed by atoms with Crippen molar-refractivity contribution in [3.63, 3.8) is 0 Å². The molecule has 0 fully saturated rings. The molecule has 1 aromatic rings. The van der Waals surface area contributed by atoms with Gasteiger partial charge in [0.15, 0.2) is 0 Å². The second kappa shape index (κ2) is 1.92. The molecule has 0 saturated heterocycles. The third-order valence-electron chi connectivity index (χ3n) is 1.56. The first-order chi connectivity index (χ1) is 5.25. The van der Waals surface area contributed by atoms with E-state index in [9.17, 15) is 4.79 Å². The van der Waals surface area contributed by atoms with Crippen LogP contribution in [0.4, 0.5) is 5.69 Å². The fraction of sp³-hybridized carbons (Fsp3) is 0. The number of amides is 1. The van der Waals surface area contributed by atoms with Crippen LogP contribution in [0.2, 0.25) is 0 Å². The van der Waals surface area contributed by atoms with Crippen molar-refractivity contribution >= 4 is 17.7 Å². The highest BCUT2D eigenvalue weighted by Gasteiger charge is 2.01. The Labute approximate surface area is 62.9 Å². The maximum atomic E-state index is 10.7. The zero-order valence-corrected chi connectivity index (χ0v) is 5.74. The van der Waals surface area contributed by atoms with Gasteiger partial charge in [0.1, 0.15) is 0 Å². The van der Waals surface area contributed by atoms with Crippen LogP contribution in [0.5, 0.6) is 0 Å². The molecule has 1 amide bonds. The maximum Gasteiger partial charge on any atom is 0.270 e. The van der Waals surface area contributed by atoms with Gasteiger partial charge in [-0.15, -0.1) is 0 Å². The van der Waals surface area contributed by atoms with Gasteiger partial charge in [0.05, 0.1) is 5.36 Å². The Morgan fingerprint density at radius 2 is 2.18 bits per heavy atom. The summed E-state index contributed by atoms with van der Waals surface area (Å²) < 4.78 is 0. The highest BCUT2D eigenvalue weighted by Crippen LogP contribution is 1.92. The number of nitrogens with two attached hydrogens (primary N) is 1. The number of anilines is 1. The summed E-state index contributed by atoms with van der Waals surface area (Å²) in [6, 6.07) is 5.21. The van der Waals surface area contributed by atoms with E-state index < -0.39 is 0 Å². The number of carbonyl (C=O) groups excluding carboxylic acids is 1. The number of nitrogen functional groups attached to an aromatic ring is 1. The van der Waals surface area contributed by atoms with Crippen molar-refractivity contribution in [3.05, 3.63) is 28.8 Å². The molecular formula is C8H6N2O. The van der Waals surface area contributed by atoms with Crippen LogP contribution in [-0.2, 0) is 4.79 Å². The van der Waals surface area contributed by atoms with E-state index in [0.717, 1.165) is 5.22 Å². The lowest BCUT2D eigenvalue weighted by Gasteiger charge is -1.87. The van der Waals surface area contributed by atoms with Crippen molar-refractivity contribution < 1.29 is 4.79 Å². The third-order valence-corrected chi connectivity index (χ3v) is 1.56. The Balaban J connectivity index is 2.89. The van der Waals surface area contributed by atoms with Gasteiger partial charge in [0.2, 0.25) is 0 Å². The van der Waals surface area contributed by atoms with Crippen molar-refractivity contribution in [2.45, 2.75) is 0 Å². The lowest BCUT2D eigenvalue weighted by Crippen LogP contribution is -2.20. The van der Waals surface area contributed by atoms with E-state index in [1.807, 2.05) is 0 Å². The maximum absolute atomic E-state index is 10.7. The van der Waals surface area contributed by atoms with Gasteiger partial charge in [-0.3, -0.25) is 4.79 Å². The average Bonchev–Trinajstić information content (AvgIpc) is 2.27. The molecular weight excluding hydrogens is 140 g/mol. The number of carbonyl (C=O) groups is 1. The molecule has 1 aromatic carbocycles. The van der Waals surface area contributed by atoms with Crippen LogP contribution < -0.4 is 16.3 Å². The Kier molecular flexibility index (Phi) is 1.06. The average molecular weight is 146 g/mol. The summed E-state index contributed by atoms with van der Waals surface area (Å²) in [4.78, 5) is 14.5. The van der Waals surface area contributed by atoms with Crippen LogP contribution in [-0.4, -0.2) is 5.91 Å². The Morgan fingerprint density at radius 3 is 3.00 bits per heavy atom. The largest absolute Gasteiger partial charge is 0.399 e. The minimum Gasteiger partial charge on any atom is -0.399 e. The summed E-state index contributed by atoms with van der Waals surface area (Å²) in [7, 11) is 0. The van der Waals surface area contributed by atoms with Crippen molar-refractivity contribution in [1.82, 2.24) is 0 Å². The Bertz CT molecular complexity index is 434. The highest BCUT2D eigenvalue weighted by molar-refractivity contribution is 6.06. The fourth-order valence-electron chi connectivity index (χ4n) is 1.07. The Morgan fingerprint density at radius 1 is 1.36 bits per heavy atom. The summed E-state index contributed by atoms with van der Waals surface area (Å²) in [6.07, 6.45) is 1.48. The van der Waals surface area contributed by atoms with E-state index in [2.05, 4.69) is 4.99 Å². The number of benzene rings is 1. The highest BCUT2D eigenvalue weighted by atomic mass is 16.1. The fourth-order valence-corrected chi connectivity index (χ4v) is 1.07. The van der Waals surface area contributed by atoms with Gasteiger partial charge in [0, 0.05) is 17.0 Å². The summed E-state index contributed by atoms with van der Waals surface area (Å²) in [5, 5.41) is 1.53. The predicted octanol–water partition coefficient (Wildman–Crippen LogP) is -0.791. The number of fused-ring (bicyclic) bond motifs is 1. The van der Waals surface area contributed by atoms with Gasteiger partial charge in [-0.1, -0.05) is 0 Å². The molecule has 1 aliphatic rings. The van der Waals surface area contributed by atoms with Crippen molar-refractivity contribution in [3.8, 4) is 0 Å². The minimum atomic E-state index is -0.203. The molecule has 3 heteroatoms. The van der Waals surface area contributed by atoms with E-state index in [1.165, 1.54) is 6.08 Å². The number of nitrogens with zero attached hydrogens (tertiary/aromatic N) is 1. The number of hydrogen-bond acceptors (Lipinski definition) is 2. The number of hydrogen-bond donors (Lipinski definition) is 1. The first-order valence-electron chi connectivity index (χ1n) is 3.26. The first kappa shape index (κ1) is 6.09. The van der Waals surface area contributed by atoms with Crippen molar-refractivity contribution in [2.24, 2.45) is 4.99 Å². The van der Waals surface area contributed by atoms with Crippen LogP contribution in [0, 0.1) is 0 Å². The summed E-state index contributed by atoms with van der Waals surface area (Å²) in [5.74, 6) is -0.203. The molecule has 11 heavy (non-hydrogen) atoms. The van der Waals surface area contributed by atoms with Crippen molar-refractivity contribution in [2.75, 3.05) is 5.73 Å².